The van der Waals surface area contributed by atoms with Gasteiger partial charge in [0, 0.05) is 31.6 Å². The Labute approximate surface area is 114 Å². The molecule has 19 heavy (non-hydrogen) atoms. The topological polar surface area (TPSA) is 62.3 Å². The van der Waals surface area contributed by atoms with Crippen LogP contribution < -0.4 is 10.2 Å². The predicted molar refractivity (Wildman–Crippen MR) is 76.3 cm³/mol. The van der Waals surface area contributed by atoms with Gasteiger partial charge in [0.1, 0.15) is 10.7 Å². The maximum atomic E-state index is 11.8. The van der Waals surface area contributed by atoms with Crippen LogP contribution in [0.3, 0.4) is 0 Å². The van der Waals surface area contributed by atoms with Crippen LogP contribution in [-0.2, 0) is 9.84 Å². The van der Waals surface area contributed by atoms with E-state index in [0.717, 1.165) is 26.1 Å². The van der Waals surface area contributed by atoms with Crippen LogP contribution in [0, 0.1) is 0 Å². The molecule has 2 heterocycles. The van der Waals surface area contributed by atoms with Crippen LogP contribution in [0.15, 0.2) is 23.2 Å². The number of nitrogens with one attached hydrogen (secondary N) is 1. The van der Waals surface area contributed by atoms with Crippen molar-refractivity contribution in [3.8, 4) is 0 Å². The van der Waals surface area contributed by atoms with E-state index in [-0.39, 0.29) is 0 Å². The van der Waals surface area contributed by atoms with E-state index < -0.39 is 9.84 Å². The van der Waals surface area contributed by atoms with E-state index in [1.165, 1.54) is 12.7 Å². The van der Waals surface area contributed by atoms with Gasteiger partial charge in [-0.3, -0.25) is 0 Å². The average molecular weight is 283 g/mol. The summed E-state index contributed by atoms with van der Waals surface area (Å²) in [4.78, 5) is 6.63. The normalized spacial score (nSPS) is 19.6. The highest BCUT2D eigenvalue weighted by molar-refractivity contribution is 7.90. The first kappa shape index (κ1) is 14.3. The first-order valence-electron chi connectivity index (χ1n) is 6.65. The Balaban J connectivity index is 2.27. The Morgan fingerprint density at radius 3 is 2.89 bits per heavy atom. The molecule has 6 heteroatoms. The van der Waals surface area contributed by atoms with E-state index in [9.17, 15) is 8.42 Å². The zero-order chi connectivity index (χ0) is 13.9. The van der Waals surface area contributed by atoms with Crippen molar-refractivity contribution >= 4 is 15.7 Å². The number of anilines is 1. The molecule has 0 radical (unpaired) electrons. The van der Waals surface area contributed by atoms with E-state index in [2.05, 4.69) is 10.3 Å². The minimum Gasteiger partial charge on any atom is -0.354 e. The van der Waals surface area contributed by atoms with Gasteiger partial charge in [-0.1, -0.05) is 0 Å². The maximum Gasteiger partial charge on any atom is 0.179 e. The summed E-state index contributed by atoms with van der Waals surface area (Å²) in [7, 11) is -3.25. The minimum atomic E-state index is -3.25. The second-order valence-electron chi connectivity index (χ2n) is 4.93. The molecule has 1 aromatic rings. The lowest BCUT2D eigenvalue weighted by Crippen LogP contribution is -2.38. The summed E-state index contributed by atoms with van der Waals surface area (Å²) in [6.07, 6.45) is 5.20. The van der Waals surface area contributed by atoms with Gasteiger partial charge in [-0.2, -0.15) is 0 Å². The monoisotopic (exact) mass is 283 g/mol. The lowest BCUT2D eigenvalue weighted by atomic mass is 10.2. The van der Waals surface area contributed by atoms with Crippen LogP contribution in [0.2, 0.25) is 0 Å². The maximum absolute atomic E-state index is 11.8. The molecule has 2 rings (SSSR count). The van der Waals surface area contributed by atoms with Crippen LogP contribution >= 0.6 is 0 Å². The van der Waals surface area contributed by atoms with Crippen LogP contribution in [0.1, 0.15) is 19.8 Å². The summed E-state index contributed by atoms with van der Waals surface area (Å²) in [5.74, 6) is 0.571. The Kier molecular flexibility index (Phi) is 4.42. The Hall–Kier alpha value is -1.14. The lowest BCUT2D eigenvalue weighted by Gasteiger charge is -2.26. The van der Waals surface area contributed by atoms with Gasteiger partial charge in [0.15, 0.2) is 9.84 Å². The first-order valence-corrected chi connectivity index (χ1v) is 8.55. The van der Waals surface area contributed by atoms with Crippen LogP contribution in [0.5, 0.6) is 0 Å². The van der Waals surface area contributed by atoms with E-state index in [4.69, 9.17) is 0 Å². The molecule has 1 saturated heterocycles. The van der Waals surface area contributed by atoms with E-state index in [0.29, 0.717) is 16.8 Å². The van der Waals surface area contributed by atoms with E-state index in [1.807, 2.05) is 11.8 Å². The van der Waals surface area contributed by atoms with Crippen molar-refractivity contribution in [3.05, 3.63) is 18.3 Å². The number of aromatic nitrogens is 1. The molecule has 0 aliphatic carbocycles. The molecule has 5 nitrogen and oxygen atoms in total. The molecule has 1 unspecified atom stereocenters. The summed E-state index contributed by atoms with van der Waals surface area (Å²) in [6, 6.07) is 3.72. The van der Waals surface area contributed by atoms with Gasteiger partial charge in [0.2, 0.25) is 0 Å². The van der Waals surface area contributed by atoms with Gasteiger partial charge in [-0.15, -0.1) is 0 Å². The molecular formula is C13H21N3O2S. The lowest BCUT2D eigenvalue weighted by molar-refractivity contribution is 0.578. The zero-order valence-corrected chi connectivity index (χ0v) is 12.3. The van der Waals surface area contributed by atoms with Gasteiger partial charge < -0.3 is 10.2 Å². The Morgan fingerprint density at radius 1 is 1.53 bits per heavy atom. The van der Waals surface area contributed by atoms with Gasteiger partial charge in [0.25, 0.3) is 0 Å². The molecule has 1 aliphatic rings. The molecule has 1 aromatic heterocycles. The van der Waals surface area contributed by atoms with Crippen LogP contribution in [0.25, 0.3) is 0 Å². The third-order valence-electron chi connectivity index (χ3n) is 3.43. The minimum absolute atomic E-state index is 0.315. The molecule has 0 bridgehead atoms. The number of pyridine rings is 1. The standard InChI is InChI=1S/C13H21N3O2S/c1-3-16(10-11-6-4-8-14-11)13-12(19(2,17)18)7-5-9-15-13/h5,7,9,11,14H,3-4,6,8,10H2,1-2H3. The van der Waals surface area contributed by atoms with Crippen LogP contribution in [-0.4, -0.2) is 45.3 Å². The third-order valence-corrected chi connectivity index (χ3v) is 4.55. The van der Waals surface area contributed by atoms with Gasteiger partial charge >= 0.3 is 0 Å². The molecule has 0 saturated carbocycles. The second-order valence-corrected chi connectivity index (χ2v) is 6.91. The molecule has 0 spiro atoms. The zero-order valence-electron chi connectivity index (χ0n) is 11.5. The molecular weight excluding hydrogens is 262 g/mol. The molecule has 1 N–H and O–H groups in total. The molecule has 0 amide bonds. The summed E-state index contributed by atoms with van der Waals surface area (Å²) < 4.78 is 23.7. The van der Waals surface area contributed by atoms with Crippen molar-refractivity contribution in [1.82, 2.24) is 10.3 Å². The summed E-state index contributed by atoms with van der Waals surface area (Å²) in [5, 5.41) is 3.43. The highest BCUT2D eigenvalue weighted by Gasteiger charge is 2.22. The molecule has 106 valence electrons. The van der Waals surface area contributed by atoms with Crippen molar-refractivity contribution in [1.29, 1.82) is 0 Å². The number of sulfone groups is 1. The second kappa shape index (κ2) is 5.88. The molecule has 1 fully saturated rings. The largest absolute Gasteiger partial charge is 0.354 e. The number of rotatable bonds is 5. The summed E-state index contributed by atoms with van der Waals surface area (Å²) in [5.41, 5.74) is 0. The Bertz CT molecular complexity index is 524. The molecule has 1 atom stereocenters. The first-order chi connectivity index (χ1) is 9.02. The average Bonchev–Trinajstić information content (AvgIpc) is 2.88. The SMILES string of the molecule is CCN(CC1CCCN1)c1ncccc1S(C)(=O)=O. The third kappa shape index (κ3) is 3.45. The van der Waals surface area contributed by atoms with Crippen molar-refractivity contribution in [2.45, 2.75) is 30.7 Å². The number of hydrogen-bond donors (Lipinski definition) is 1. The van der Waals surface area contributed by atoms with Crippen molar-refractivity contribution in [2.75, 3.05) is 30.8 Å². The van der Waals surface area contributed by atoms with Gasteiger partial charge in [-0.05, 0) is 38.4 Å². The summed E-state index contributed by atoms with van der Waals surface area (Å²) >= 11 is 0. The van der Waals surface area contributed by atoms with Gasteiger partial charge in [0.05, 0.1) is 0 Å². The summed E-state index contributed by atoms with van der Waals surface area (Å²) in [6.45, 7) is 4.62. The predicted octanol–water partition coefficient (Wildman–Crippen LogP) is 1.06. The fourth-order valence-corrected chi connectivity index (χ4v) is 3.29. The number of hydrogen-bond acceptors (Lipinski definition) is 5. The van der Waals surface area contributed by atoms with Crippen molar-refractivity contribution < 1.29 is 8.42 Å². The highest BCUT2D eigenvalue weighted by Crippen LogP contribution is 2.23. The smallest absolute Gasteiger partial charge is 0.179 e. The fourth-order valence-electron chi connectivity index (χ4n) is 2.45. The van der Waals surface area contributed by atoms with Crippen molar-refractivity contribution in [3.63, 3.8) is 0 Å². The van der Waals surface area contributed by atoms with E-state index in [1.54, 1.807) is 18.3 Å². The van der Waals surface area contributed by atoms with Crippen molar-refractivity contribution in [2.24, 2.45) is 0 Å². The van der Waals surface area contributed by atoms with Gasteiger partial charge in [-0.25, -0.2) is 13.4 Å². The van der Waals surface area contributed by atoms with E-state index >= 15 is 0 Å². The molecule has 0 aromatic carbocycles. The quantitative estimate of drug-likeness (QED) is 0.875. The number of likely N-dealkylation sites (N-methyl/N-ethyl adjacent to an activating group) is 1. The Morgan fingerprint density at radius 2 is 2.32 bits per heavy atom. The molecule has 1 aliphatic heterocycles. The number of nitrogens with zero attached hydrogens (tertiary/aromatic N) is 2. The fraction of sp³-hybridized carbons (Fsp3) is 0.615. The van der Waals surface area contributed by atoms with Crippen LogP contribution in [0.4, 0.5) is 5.82 Å². The highest BCUT2D eigenvalue weighted by atomic mass is 32.2.